The number of aromatic nitrogens is 4. The quantitative estimate of drug-likeness (QED) is 0.704. The van der Waals surface area contributed by atoms with Gasteiger partial charge in [-0.05, 0) is 44.6 Å². The number of piperidine rings is 1. The lowest BCUT2D eigenvalue weighted by atomic mass is 9.76. The number of rotatable bonds is 2. The van der Waals surface area contributed by atoms with Crippen LogP contribution in [0.3, 0.4) is 0 Å². The number of carbonyl (C=O) groups is 1. The van der Waals surface area contributed by atoms with E-state index in [2.05, 4.69) is 15.2 Å². The molecule has 2 fully saturated rings. The first-order chi connectivity index (χ1) is 14.1. The zero-order valence-electron chi connectivity index (χ0n) is 16.2. The molecule has 2 aliphatic carbocycles. The van der Waals surface area contributed by atoms with Gasteiger partial charge in [0, 0.05) is 35.4 Å². The van der Waals surface area contributed by atoms with Gasteiger partial charge in [0.25, 0.3) is 11.5 Å². The third kappa shape index (κ3) is 2.56. The number of likely N-dealkylation sites (tertiary alicyclic amines) is 1. The second-order valence-electron chi connectivity index (χ2n) is 8.74. The molecule has 0 radical (unpaired) electrons. The van der Waals surface area contributed by atoms with Gasteiger partial charge in [0.15, 0.2) is 5.69 Å². The van der Waals surface area contributed by atoms with Gasteiger partial charge in [-0.3, -0.25) is 14.7 Å². The summed E-state index contributed by atoms with van der Waals surface area (Å²) in [5, 5.41) is 8.09. The van der Waals surface area contributed by atoms with Crippen LogP contribution in [-0.2, 0) is 11.8 Å². The largest absolute Gasteiger partial charge is 0.337 e. The molecular weight excluding hydrogens is 366 g/mol. The van der Waals surface area contributed by atoms with Crippen LogP contribution in [0.5, 0.6) is 0 Å². The van der Waals surface area contributed by atoms with Crippen LogP contribution in [0.4, 0.5) is 0 Å². The number of para-hydroxylation sites is 1. The fourth-order valence-electron chi connectivity index (χ4n) is 5.12. The topological polar surface area (TPSA) is 94.7 Å². The highest BCUT2D eigenvalue weighted by Gasteiger charge is 2.45. The Hall–Kier alpha value is -2.96. The van der Waals surface area contributed by atoms with Crippen molar-refractivity contribution in [2.24, 2.45) is 0 Å². The third-order valence-corrected chi connectivity index (χ3v) is 7.03. The van der Waals surface area contributed by atoms with Crippen molar-refractivity contribution in [1.82, 2.24) is 25.1 Å². The lowest BCUT2D eigenvalue weighted by Crippen LogP contribution is -2.45. The fraction of sp³-hybridized carbons (Fsp3) is 0.455. The Morgan fingerprint density at radius 2 is 1.93 bits per heavy atom. The normalized spacial score (nSPS) is 20.3. The first-order valence-corrected chi connectivity index (χ1v) is 10.5. The standard InChI is InChI=1S/C22H23N5O2/c28-20-15-7-8-22(18(15)23-19(24-20)13-5-6-13)9-11-27(12-10-22)21(29)17-14-3-1-2-4-16(14)25-26-17/h1-4,13H,5-12H2,(H,25,26)(H,23,24,28). The van der Waals surface area contributed by atoms with E-state index in [1.54, 1.807) is 0 Å². The van der Waals surface area contributed by atoms with Gasteiger partial charge in [0.1, 0.15) is 5.82 Å². The summed E-state index contributed by atoms with van der Waals surface area (Å²) < 4.78 is 0. The van der Waals surface area contributed by atoms with Crippen molar-refractivity contribution in [3.8, 4) is 0 Å². The van der Waals surface area contributed by atoms with Crippen LogP contribution in [0.15, 0.2) is 29.1 Å². The Balaban J connectivity index is 1.27. The maximum Gasteiger partial charge on any atom is 0.274 e. The summed E-state index contributed by atoms with van der Waals surface area (Å²) in [6.45, 7) is 1.35. The average molecular weight is 389 g/mol. The van der Waals surface area contributed by atoms with Gasteiger partial charge < -0.3 is 9.88 Å². The molecule has 6 rings (SSSR count). The van der Waals surface area contributed by atoms with Crippen LogP contribution in [0.25, 0.3) is 10.9 Å². The monoisotopic (exact) mass is 389 g/mol. The maximum absolute atomic E-state index is 13.1. The molecule has 3 aliphatic rings. The molecule has 7 heteroatoms. The van der Waals surface area contributed by atoms with E-state index in [9.17, 15) is 9.59 Å². The average Bonchev–Trinajstić information content (AvgIpc) is 3.42. The van der Waals surface area contributed by atoms with Gasteiger partial charge >= 0.3 is 0 Å². The van der Waals surface area contributed by atoms with Gasteiger partial charge in [-0.25, -0.2) is 4.98 Å². The Morgan fingerprint density at radius 1 is 1.14 bits per heavy atom. The minimum absolute atomic E-state index is 0.0203. The van der Waals surface area contributed by atoms with E-state index >= 15 is 0 Å². The number of aromatic amines is 2. The fourth-order valence-corrected chi connectivity index (χ4v) is 5.12. The molecule has 1 aromatic carbocycles. The lowest BCUT2D eigenvalue weighted by molar-refractivity contribution is 0.0659. The number of nitrogens with one attached hydrogen (secondary N) is 2. The number of hydrogen-bond acceptors (Lipinski definition) is 4. The van der Waals surface area contributed by atoms with Crippen LogP contribution in [-0.4, -0.2) is 44.1 Å². The highest BCUT2D eigenvalue weighted by Crippen LogP contribution is 2.46. The van der Waals surface area contributed by atoms with Crippen LogP contribution in [0.2, 0.25) is 0 Å². The summed E-state index contributed by atoms with van der Waals surface area (Å²) in [5.41, 5.74) is 3.25. The number of H-pyrrole nitrogens is 2. The Kier molecular flexibility index (Phi) is 3.52. The van der Waals surface area contributed by atoms with Crippen molar-refractivity contribution in [3.05, 3.63) is 57.4 Å². The smallest absolute Gasteiger partial charge is 0.274 e. The van der Waals surface area contributed by atoms with Crippen molar-refractivity contribution in [1.29, 1.82) is 0 Å². The molecule has 1 saturated carbocycles. The van der Waals surface area contributed by atoms with Crippen molar-refractivity contribution in [2.75, 3.05) is 13.1 Å². The minimum atomic E-state index is -0.0579. The zero-order valence-corrected chi connectivity index (χ0v) is 16.2. The summed E-state index contributed by atoms with van der Waals surface area (Å²) in [7, 11) is 0. The second-order valence-corrected chi connectivity index (χ2v) is 8.74. The summed E-state index contributed by atoms with van der Waals surface area (Å²) >= 11 is 0. The molecule has 3 heterocycles. The molecule has 0 bridgehead atoms. The molecule has 7 nitrogen and oxygen atoms in total. The predicted octanol–water partition coefficient (Wildman–Crippen LogP) is 2.64. The van der Waals surface area contributed by atoms with Crippen molar-refractivity contribution >= 4 is 16.8 Å². The summed E-state index contributed by atoms with van der Waals surface area (Å²) in [6.07, 6.45) is 5.70. The molecule has 1 saturated heterocycles. The SMILES string of the molecule is O=C(c1n[nH]c2ccccc12)N1CCC2(CCc3c2nc(C2CC2)[nH]c3=O)CC1. The third-order valence-electron chi connectivity index (χ3n) is 7.03. The van der Waals surface area contributed by atoms with Crippen molar-refractivity contribution < 1.29 is 4.79 Å². The summed E-state index contributed by atoms with van der Waals surface area (Å²) in [5.74, 6) is 1.28. The van der Waals surface area contributed by atoms with E-state index in [-0.39, 0.29) is 16.9 Å². The highest BCUT2D eigenvalue weighted by molar-refractivity contribution is 6.04. The first kappa shape index (κ1) is 16.9. The van der Waals surface area contributed by atoms with Gasteiger partial charge in [0.05, 0.1) is 11.2 Å². The van der Waals surface area contributed by atoms with Crippen molar-refractivity contribution in [3.63, 3.8) is 0 Å². The van der Waals surface area contributed by atoms with Crippen molar-refractivity contribution in [2.45, 2.75) is 49.9 Å². The van der Waals surface area contributed by atoms with E-state index in [4.69, 9.17) is 4.98 Å². The number of amides is 1. The van der Waals surface area contributed by atoms with E-state index < -0.39 is 0 Å². The molecule has 0 atom stereocenters. The van der Waals surface area contributed by atoms with E-state index in [1.165, 1.54) is 0 Å². The molecule has 1 amide bonds. The lowest BCUT2D eigenvalue weighted by Gasteiger charge is -2.39. The predicted molar refractivity (Wildman–Crippen MR) is 108 cm³/mol. The van der Waals surface area contributed by atoms with Gasteiger partial charge in [-0.15, -0.1) is 0 Å². The van der Waals surface area contributed by atoms with Gasteiger partial charge in [-0.1, -0.05) is 18.2 Å². The number of fused-ring (bicyclic) bond motifs is 3. The highest BCUT2D eigenvalue weighted by atomic mass is 16.2. The second kappa shape index (κ2) is 6.02. The maximum atomic E-state index is 13.1. The van der Waals surface area contributed by atoms with Crippen LogP contribution >= 0.6 is 0 Å². The minimum Gasteiger partial charge on any atom is -0.337 e. The molecule has 2 aromatic heterocycles. The number of benzene rings is 1. The van der Waals surface area contributed by atoms with E-state index in [1.807, 2.05) is 29.2 Å². The molecule has 1 aliphatic heterocycles. The summed E-state index contributed by atoms with van der Waals surface area (Å²) in [4.78, 5) is 35.5. The van der Waals surface area contributed by atoms with E-state index in [0.29, 0.717) is 24.7 Å². The van der Waals surface area contributed by atoms with Gasteiger partial charge in [-0.2, -0.15) is 5.10 Å². The molecule has 3 aromatic rings. The molecular formula is C22H23N5O2. The van der Waals surface area contributed by atoms with E-state index in [0.717, 1.165) is 66.5 Å². The zero-order chi connectivity index (χ0) is 19.6. The van der Waals surface area contributed by atoms with Gasteiger partial charge in [0.2, 0.25) is 0 Å². The number of hydrogen-bond donors (Lipinski definition) is 2. The molecule has 1 spiro atoms. The Morgan fingerprint density at radius 3 is 2.72 bits per heavy atom. The van der Waals surface area contributed by atoms with Crippen LogP contribution < -0.4 is 5.56 Å². The van der Waals surface area contributed by atoms with Crippen LogP contribution in [0.1, 0.15) is 65.6 Å². The molecule has 2 N–H and O–H groups in total. The Labute approximate surface area is 167 Å². The van der Waals surface area contributed by atoms with Crippen LogP contribution in [0, 0.1) is 0 Å². The molecule has 29 heavy (non-hydrogen) atoms. The molecule has 0 unspecified atom stereocenters. The first-order valence-electron chi connectivity index (χ1n) is 10.5. The molecule has 148 valence electrons. The Bertz CT molecular complexity index is 1180. The number of carbonyl (C=O) groups excluding carboxylic acids is 1. The summed E-state index contributed by atoms with van der Waals surface area (Å²) in [6, 6.07) is 7.72. The number of nitrogens with zero attached hydrogens (tertiary/aromatic N) is 3.